The molecule has 0 spiro atoms. The van der Waals surface area contributed by atoms with E-state index in [1.807, 2.05) is 19.1 Å². The van der Waals surface area contributed by atoms with E-state index in [0.717, 1.165) is 5.56 Å². The lowest BCUT2D eigenvalue weighted by Gasteiger charge is -2.08. The number of aromatic hydroxyl groups is 1. The number of halogens is 1. The number of carbonyl (C=O) groups is 2. The number of carbonyl (C=O) groups excluding carboxylic acids is 2. The molecule has 0 bridgehead atoms. The Kier molecular flexibility index (Phi) is 4.16. The van der Waals surface area contributed by atoms with E-state index in [1.165, 1.54) is 13.0 Å². The standard InChI is InChI=1S/C19H16ClNO3/c1-10-14(9-12-3-5-13(6-4-12)21-11(2)22)19(24)18-16(23)8-7-15(20)17(10)18/h3-10,23H,1-2H3,(H,21,22). The number of allylic oxidation sites excluding steroid dienone is 1. The molecule has 1 unspecified atom stereocenters. The van der Waals surface area contributed by atoms with Crippen LogP contribution >= 0.6 is 11.6 Å². The molecule has 2 aromatic carbocycles. The highest BCUT2D eigenvalue weighted by atomic mass is 35.5. The van der Waals surface area contributed by atoms with Crippen LogP contribution in [0.25, 0.3) is 6.08 Å². The third-order valence-corrected chi connectivity index (χ3v) is 4.44. The van der Waals surface area contributed by atoms with Crippen LogP contribution in [0.2, 0.25) is 5.02 Å². The number of nitrogens with one attached hydrogen (secondary N) is 1. The molecule has 3 rings (SSSR count). The van der Waals surface area contributed by atoms with Gasteiger partial charge >= 0.3 is 0 Å². The van der Waals surface area contributed by atoms with Crippen molar-refractivity contribution < 1.29 is 14.7 Å². The zero-order chi connectivity index (χ0) is 17.4. The van der Waals surface area contributed by atoms with Crippen molar-refractivity contribution in [3.05, 3.63) is 63.7 Å². The van der Waals surface area contributed by atoms with Crippen molar-refractivity contribution in [3.8, 4) is 5.75 Å². The van der Waals surface area contributed by atoms with Gasteiger partial charge in [-0.1, -0.05) is 30.7 Å². The van der Waals surface area contributed by atoms with Gasteiger partial charge in [-0.3, -0.25) is 9.59 Å². The SMILES string of the molecule is CC(=O)Nc1ccc(C=C2C(=O)c3c(O)ccc(Cl)c3C2C)cc1. The maximum absolute atomic E-state index is 12.7. The molecule has 1 atom stereocenters. The molecule has 122 valence electrons. The van der Waals surface area contributed by atoms with Gasteiger partial charge in [0.05, 0.1) is 5.56 Å². The monoisotopic (exact) mass is 341 g/mol. The summed E-state index contributed by atoms with van der Waals surface area (Å²) in [7, 11) is 0. The summed E-state index contributed by atoms with van der Waals surface area (Å²) in [6.07, 6.45) is 1.79. The van der Waals surface area contributed by atoms with E-state index in [1.54, 1.807) is 24.3 Å². The number of Topliss-reactive ketones (excluding diaryl/α,β-unsaturated/α-hetero) is 1. The van der Waals surface area contributed by atoms with Gasteiger partial charge < -0.3 is 10.4 Å². The van der Waals surface area contributed by atoms with Crippen molar-refractivity contribution in [1.29, 1.82) is 0 Å². The summed E-state index contributed by atoms with van der Waals surface area (Å²) in [6.45, 7) is 3.34. The van der Waals surface area contributed by atoms with E-state index in [0.29, 0.717) is 21.8 Å². The van der Waals surface area contributed by atoms with Gasteiger partial charge in [-0.25, -0.2) is 0 Å². The first-order valence-electron chi connectivity index (χ1n) is 7.53. The van der Waals surface area contributed by atoms with E-state index in [9.17, 15) is 14.7 Å². The zero-order valence-corrected chi connectivity index (χ0v) is 14.0. The number of benzene rings is 2. The predicted molar refractivity (Wildman–Crippen MR) is 94.6 cm³/mol. The van der Waals surface area contributed by atoms with Crippen LogP contribution < -0.4 is 5.32 Å². The number of rotatable bonds is 2. The number of ketones is 1. The fraction of sp³-hybridized carbons (Fsp3) is 0.158. The van der Waals surface area contributed by atoms with Crippen LogP contribution in [0.3, 0.4) is 0 Å². The lowest BCUT2D eigenvalue weighted by atomic mass is 9.98. The maximum Gasteiger partial charge on any atom is 0.221 e. The van der Waals surface area contributed by atoms with E-state index >= 15 is 0 Å². The lowest BCUT2D eigenvalue weighted by Crippen LogP contribution is -2.05. The van der Waals surface area contributed by atoms with Crippen molar-refractivity contribution in [2.75, 3.05) is 5.32 Å². The Morgan fingerprint density at radius 1 is 1.21 bits per heavy atom. The molecular formula is C19H16ClNO3. The highest BCUT2D eigenvalue weighted by Gasteiger charge is 2.35. The molecule has 4 nitrogen and oxygen atoms in total. The van der Waals surface area contributed by atoms with Crippen LogP contribution in [-0.2, 0) is 4.79 Å². The third kappa shape index (κ3) is 2.81. The number of hydrogen-bond donors (Lipinski definition) is 2. The van der Waals surface area contributed by atoms with Crippen molar-refractivity contribution in [3.63, 3.8) is 0 Å². The number of fused-ring (bicyclic) bond motifs is 1. The highest BCUT2D eigenvalue weighted by molar-refractivity contribution is 6.33. The summed E-state index contributed by atoms with van der Waals surface area (Å²) in [6, 6.07) is 10.2. The van der Waals surface area contributed by atoms with E-state index in [2.05, 4.69) is 5.32 Å². The van der Waals surface area contributed by atoms with Crippen LogP contribution in [0.1, 0.15) is 41.3 Å². The molecule has 0 aliphatic heterocycles. The smallest absolute Gasteiger partial charge is 0.221 e. The minimum atomic E-state index is -0.205. The molecule has 1 amide bonds. The summed E-state index contributed by atoms with van der Waals surface area (Å²) in [5, 5.41) is 13.2. The Bertz CT molecular complexity index is 869. The number of phenols is 1. The van der Waals surface area contributed by atoms with E-state index in [4.69, 9.17) is 11.6 Å². The van der Waals surface area contributed by atoms with Gasteiger partial charge in [-0.05, 0) is 41.5 Å². The molecule has 5 heteroatoms. The average Bonchev–Trinajstić information content (AvgIpc) is 2.78. The molecule has 2 N–H and O–H groups in total. The molecule has 2 aromatic rings. The number of amides is 1. The van der Waals surface area contributed by atoms with Gasteiger partial charge in [0.15, 0.2) is 5.78 Å². The fourth-order valence-corrected chi connectivity index (χ4v) is 3.30. The predicted octanol–water partition coefficient (Wildman–Crippen LogP) is 4.39. The second-order valence-corrected chi connectivity index (χ2v) is 6.22. The van der Waals surface area contributed by atoms with Crippen LogP contribution in [0, 0.1) is 0 Å². The molecule has 24 heavy (non-hydrogen) atoms. The average molecular weight is 342 g/mol. The first-order valence-corrected chi connectivity index (χ1v) is 7.91. The summed E-state index contributed by atoms with van der Waals surface area (Å²) < 4.78 is 0. The Balaban J connectivity index is 1.97. The van der Waals surface area contributed by atoms with Gasteiger partial charge in [0.25, 0.3) is 0 Å². The summed E-state index contributed by atoms with van der Waals surface area (Å²) in [5.74, 6) is -0.581. The van der Waals surface area contributed by atoms with Crippen molar-refractivity contribution in [2.24, 2.45) is 0 Å². The van der Waals surface area contributed by atoms with Crippen molar-refractivity contribution in [1.82, 2.24) is 0 Å². The quantitative estimate of drug-likeness (QED) is 0.796. The Morgan fingerprint density at radius 2 is 1.88 bits per heavy atom. The minimum Gasteiger partial charge on any atom is -0.507 e. The van der Waals surface area contributed by atoms with Crippen LogP contribution in [0.15, 0.2) is 42.0 Å². The lowest BCUT2D eigenvalue weighted by molar-refractivity contribution is -0.114. The van der Waals surface area contributed by atoms with Crippen LogP contribution in [0.5, 0.6) is 5.75 Å². The zero-order valence-electron chi connectivity index (χ0n) is 13.3. The number of anilines is 1. The first-order chi connectivity index (χ1) is 11.4. The van der Waals surface area contributed by atoms with Gasteiger partial charge in [0, 0.05) is 29.1 Å². The molecule has 0 radical (unpaired) electrons. The number of phenolic OH excluding ortho intramolecular Hbond substituents is 1. The van der Waals surface area contributed by atoms with Gasteiger partial charge in [0.1, 0.15) is 5.75 Å². The topological polar surface area (TPSA) is 66.4 Å². The summed E-state index contributed by atoms with van der Waals surface area (Å²) in [4.78, 5) is 23.7. The van der Waals surface area contributed by atoms with Gasteiger partial charge in [0.2, 0.25) is 5.91 Å². The van der Waals surface area contributed by atoms with E-state index in [-0.39, 0.29) is 28.9 Å². The molecule has 0 heterocycles. The largest absolute Gasteiger partial charge is 0.507 e. The molecule has 1 aliphatic carbocycles. The molecule has 1 aliphatic rings. The second-order valence-electron chi connectivity index (χ2n) is 5.81. The second kappa shape index (κ2) is 6.13. The number of hydrogen-bond acceptors (Lipinski definition) is 3. The Hall–Kier alpha value is -2.59. The first kappa shape index (κ1) is 16.3. The molecule has 0 aromatic heterocycles. The normalized spacial score (nSPS) is 17.9. The van der Waals surface area contributed by atoms with E-state index < -0.39 is 0 Å². The van der Waals surface area contributed by atoms with Gasteiger partial charge in [-0.2, -0.15) is 0 Å². The molecule has 0 saturated heterocycles. The van der Waals surface area contributed by atoms with Crippen LogP contribution in [0.4, 0.5) is 5.69 Å². The van der Waals surface area contributed by atoms with Gasteiger partial charge in [-0.15, -0.1) is 0 Å². The highest BCUT2D eigenvalue weighted by Crippen LogP contribution is 2.45. The molecule has 0 saturated carbocycles. The fourth-order valence-electron chi connectivity index (χ4n) is 2.98. The minimum absolute atomic E-state index is 0.0457. The Morgan fingerprint density at radius 3 is 2.46 bits per heavy atom. The molecule has 0 fully saturated rings. The molecular weight excluding hydrogens is 326 g/mol. The van der Waals surface area contributed by atoms with Crippen LogP contribution in [-0.4, -0.2) is 16.8 Å². The summed E-state index contributed by atoms with van der Waals surface area (Å²) >= 11 is 6.21. The third-order valence-electron chi connectivity index (χ3n) is 4.11. The van der Waals surface area contributed by atoms with Crippen molar-refractivity contribution in [2.45, 2.75) is 19.8 Å². The summed E-state index contributed by atoms with van der Waals surface area (Å²) in [5.41, 5.74) is 3.07. The van der Waals surface area contributed by atoms with Crippen molar-refractivity contribution >= 4 is 35.1 Å². The Labute approximate surface area is 144 Å². The maximum atomic E-state index is 12.7.